The highest BCUT2D eigenvalue weighted by atomic mass is 35.5. The molecule has 0 radical (unpaired) electrons. The van der Waals surface area contributed by atoms with Gasteiger partial charge in [-0.3, -0.25) is 0 Å². The van der Waals surface area contributed by atoms with Crippen LogP contribution < -0.4 is 5.73 Å². The van der Waals surface area contributed by atoms with E-state index in [0.717, 1.165) is 0 Å². The number of hydrogen-bond acceptors (Lipinski definition) is 2. The molecule has 4 heteroatoms. The average Bonchev–Trinajstić information content (AvgIpc) is 2.72. The Labute approximate surface area is 93.6 Å². The van der Waals surface area contributed by atoms with Crippen LogP contribution in [0.15, 0.2) is 12.3 Å². The predicted octanol–water partition coefficient (Wildman–Crippen LogP) is 2.57. The molecule has 82 valence electrons. The molecule has 0 aromatic carbocycles. The third-order valence-electron chi connectivity index (χ3n) is 3.47. The van der Waals surface area contributed by atoms with Gasteiger partial charge in [0.25, 0.3) is 0 Å². The molecule has 0 aliphatic heterocycles. The summed E-state index contributed by atoms with van der Waals surface area (Å²) in [5.41, 5.74) is 6.31. The maximum atomic E-state index is 13.5. The van der Waals surface area contributed by atoms with Crippen molar-refractivity contribution in [2.24, 2.45) is 17.1 Å². The normalized spacial score (nSPS) is 27.8. The molecule has 1 aliphatic rings. The molecule has 1 saturated carbocycles. The minimum atomic E-state index is -0.423. The summed E-state index contributed by atoms with van der Waals surface area (Å²) in [4.78, 5) is 3.63. The van der Waals surface area contributed by atoms with E-state index in [1.807, 2.05) is 0 Å². The van der Waals surface area contributed by atoms with E-state index < -0.39 is 5.95 Å². The van der Waals surface area contributed by atoms with Gasteiger partial charge in [-0.25, -0.2) is 4.98 Å². The first-order valence-electron chi connectivity index (χ1n) is 4.99. The van der Waals surface area contributed by atoms with Crippen molar-refractivity contribution in [2.45, 2.75) is 19.8 Å². The number of pyridine rings is 1. The molecule has 0 saturated heterocycles. The largest absolute Gasteiger partial charge is 0.330 e. The highest BCUT2D eigenvalue weighted by Crippen LogP contribution is 2.64. The van der Waals surface area contributed by atoms with E-state index in [-0.39, 0.29) is 11.3 Å². The number of nitrogens with two attached hydrogens (primary N) is 1. The van der Waals surface area contributed by atoms with Crippen molar-refractivity contribution in [3.8, 4) is 0 Å². The van der Waals surface area contributed by atoms with Gasteiger partial charge in [0, 0.05) is 11.8 Å². The van der Waals surface area contributed by atoms with Crippen molar-refractivity contribution in [1.82, 2.24) is 4.98 Å². The first kappa shape index (κ1) is 10.8. The van der Waals surface area contributed by atoms with E-state index in [2.05, 4.69) is 18.8 Å². The molecule has 0 spiro atoms. The molecule has 1 aromatic rings. The summed E-state index contributed by atoms with van der Waals surface area (Å²) in [5, 5.41) is 0.477. The van der Waals surface area contributed by atoms with Crippen molar-refractivity contribution in [1.29, 1.82) is 0 Å². The lowest BCUT2D eigenvalue weighted by molar-refractivity contribution is 0.539. The Kier molecular flexibility index (Phi) is 2.47. The Morgan fingerprint density at radius 3 is 2.80 bits per heavy atom. The van der Waals surface area contributed by atoms with Crippen LogP contribution in [0.1, 0.15) is 25.3 Å². The fourth-order valence-electron chi connectivity index (χ4n) is 2.46. The molecule has 2 N–H and O–H groups in total. The third-order valence-corrected chi connectivity index (χ3v) is 3.68. The van der Waals surface area contributed by atoms with Crippen LogP contribution >= 0.6 is 11.6 Å². The fraction of sp³-hybridized carbons (Fsp3) is 0.545. The predicted molar refractivity (Wildman–Crippen MR) is 58.3 cm³/mol. The summed E-state index contributed by atoms with van der Waals surface area (Å²) in [6.07, 6.45) is 1.33. The second-order valence-electron chi connectivity index (χ2n) is 4.67. The average molecular weight is 229 g/mol. The maximum Gasteiger partial charge on any atom is 0.216 e. The summed E-state index contributed by atoms with van der Waals surface area (Å²) < 4.78 is 13.5. The number of hydrogen-bond donors (Lipinski definition) is 1. The van der Waals surface area contributed by atoms with Crippen LogP contribution in [-0.4, -0.2) is 11.5 Å². The van der Waals surface area contributed by atoms with Crippen molar-refractivity contribution in [3.63, 3.8) is 0 Å². The SMILES string of the molecule is CC1(C)C(CN)C1c1cc(Cl)cnc1F. The lowest BCUT2D eigenvalue weighted by Crippen LogP contribution is -2.05. The molecule has 1 fully saturated rings. The third kappa shape index (κ3) is 1.64. The van der Waals surface area contributed by atoms with E-state index in [1.54, 1.807) is 6.07 Å². The van der Waals surface area contributed by atoms with Gasteiger partial charge >= 0.3 is 0 Å². The van der Waals surface area contributed by atoms with Gasteiger partial charge in [0.15, 0.2) is 0 Å². The number of aromatic nitrogens is 1. The van der Waals surface area contributed by atoms with E-state index in [1.165, 1.54) is 6.20 Å². The number of halogens is 2. The Morgan fingerprint density at radius 1 is 1.60 bits per heavy atom. The van der Waals surface area contributed by atoms with Crippen LogP contribution in [-0.2, 0) is 0 Å². The first-order valence-corrected chi connectivity index (χ1v) is 5.37. The van der Waals surface area contributed by atoms with Crippen LogP contribution in [0.5, 0.6) is 0 Å². The number of rotatable bonds is 2. The zero-order chi connectivity index (χ0) is 11.2. The quantitative estimate of drug-likeness (QED) is 0.791. The summed E-state index contributed by atoms with van der Waals surface area (Å²) >= 11 is 5.81. The topological polar surface area (TPSA) is 38.9 Å². The van der Waals surface area contributed by atoms with E-state index in [4.69, 9.17) is 17.3 Å². The van der Waals surface area contributed by atoms with Gasteiger partial charge in [0.05, 0.1) is 5.02 Å². The van der Waals surface area contributed by atoms with Gasteiger partial charge in [-0.05, 0) is 29.9 Å². The second-order valence-corrected chi connectivity index (χ2v) is 5.11. The van der Waals surface area contributed by atoms with E-state index >= 15 is 0 Å². The first-order chi connectivity index (χ1) is 6.98. The fourth-order valence-corrected chi connectivity index (χ4v) is 2.62. The molecule has 2 nitrogen and oxygen atoms in total. The monoisotopic (exact) mass is 228 g/mol. The summed E-state index contributed by atoms with van der Waals surface area (Å²) in [6, 6.07) is 1.66. The molecule has 15 heavy (non-hydrogen) atoms. The van der Waals surface area contributed by atoms with Crippen LogP contribution in [0.4, 0.5) is 4.39 Å². The molecular formula is C11H14ClFN2. The van der Waals surface area contributed by atoms with Gasteiger partial charge in [0.2, 0.25) is 5.95 Å². The van der Waals surface area contributed by atoms with Gasteiger partial charge in [-0.1, -0.05) is 25.4 Å². The minimum Gasteiger partial charge on any atom is -0.330 e. The Morgan fingerprint density at radius 2 is 2.27 bits per heavy atom. The van der Waals surface area contributed by atoms with Gasteiger partial charge in [0.1, 0.15) is 0 Å². The van der Waals surface area contributed by atoms with Crippen molar-refractivity contribution >= 4 is 11.6 Å². The van der Waals surface area contributed by atoms with Gasteiger partial charge < -0.3 is 5.73 Å². The van der Waals surface area contributed by atoms with Crippen LogP contribution in [0.25, 0.3) is 0 Å². The maximum absolute atomic E-state index is 13.5. The zero-order valence-corrected chi connectivity index (χ0v) is 9.55. The van der Waals surface area contributed by atoms with Crippen molar-refractivity contribution in [2.75, 3.05) is 6.54 Å². The molecule has 2 atom stereocenters. The van der Waals surface area contributed by atoms with E-state index in [9.17, 15) is 4.39 Å². The molecule has 1 heterocycles. The standard InChI is InChI=1S/C11H14ClFN2/c1-11(2)8(4-14)9(11)7-3-6(12)5-15-10(7)13/h3,5,8-9H,4,14H2,1-2H3. The summed E-state index contributed by atoms with van der Waals surface area (Å²) in [5.74, 6) is 0.0504. The summed E-state index contributed by atoms with van der Waals surface area (Å²) in [6.45, 7) is 4.76. The molecule has 2 rings (SSSR count). The molecule has 1 aliphatic carbocycles. The highest BCUT2D eigenvalue weighted by Gasteiger charge is 2.58. The molecule has 2 unspecified atom stereocenters. The molecule has 0 amide bonds. The second kappa shape index (κ2) is 3.42. The smallest absolute Gasteiger partial charge is 0.216 e. The minimum absolute atomic E-state index is 0.0575. The van der Waals surface area contributed by atoms with Crippen molar-refractivity contribution in [3.05, 3.63) is 28.8 Å². The van der Waals surface area contributed by atoms with Crippen molar-refractivity contribution < 1.29 is 4.39 Å². The lowest BCUT2D eigenvalue weighted by atomic mass is 10.0. The van der Waals surface area contributed by atoms with Gasteiger partial charge in [-0.2, -0.15) is 4.39 Å². The van der Waals surface area contributed by atoms with E-state index in [0.29, 0.717) is 23.0 Å². The highest BCUT2D eigenvalue weighted by molar-refractivity contribution is 6.30. The lowest BCUT2D eigenvalue weighted by Gasteiger charge is -2.04. The van der Waals surface area contributed by atoms with Crippen LogP contribution in [0, 0.1) is 17.3 Å². The summed E-state index contributed by atoms with van der Waals surface area (Å²) in [7, 11) is 0. The zero-order valence-electron chi connectivity index (χ0n) is 8.80. The number of nitrogens with zero attached hydrogens (tertiary/aromatic N) is 1. The molecular weight excluding hydrogens is 215 g/mol. The Hall–Kier alpha value is -0.670. The van der Waals surface area contributed by atoms with Gasteiger partial charge in [-0.15, -0.1) is 0 Å². The van der Waals surface area contributed by atoms with Crippen LogP contribution in [0.3, 0.4) is 0 Å². The molecule has 1 aromatic heterocycles. The van der Waals surface area contributed by atoms with Crippen LogP contribution in [0.2, 0.25) is 5.02 Å². The Balaban J connectivity index is 2.36. The Bertz CT molecular complexity index is 392. The molecule has 0 bridgehead atoms.